The standard InChI is InChI=1S/C28H39N5O2/c34-27-12-20-32(21-23-8-14-29-15-9-23)17-3-7-25(10-16-30-27)28(35)31-13-4-18-33-19-11-24-5-1-2-6-26(24)22-33/h1-2,5-6,8-9,14-15,25H,3-4,7,10-13,16-22H2,(H,30,34)(H,31,35). The van der Waals surface area contributed by atoms with Gasteiger partial charge in [0.1, 0.15) is 0 Å². The van der Waals surface area contributed by atoms with Crippen molar-refractivity contribution in [1.82, 2.24) is 25.4 Å². The summed E-state index contributed by atoms with van der Waals surface area (Å²) < 4.78 is 0. The first-order valence-corrected chi connectivity index (χ1v) is 13.1. The van der Waals surface area contributed by atoms with Gasteiger partial charge in [-0.1, -0.05) is 24.3 Å². The van der Waals surface area contributed by atoms with E-state index in [1.54, 1.807) is 12.4 Å². The minimum absolute atomic E-state index is 0.0574. The number of amides is 2. The van der Waals surface area contributed by atoms with E-state index in [9.17, 15) is 9.59 Å². The number of rotatable bonds is 7. The van der Waals surface area contributed by atoms with Crippen LogP contribution in [0.1, 0.15) is 48.8 Å². The summed E-state index contributed by atoms with van der Waals surface area (Å²) in [5, 5.41) is 6.18. The van der Waals surface area contributed by atoms with Gasteiger partial charge in [-0.2, -0.15) is 0 Å². The molecular weight excluding hydrogens is 438 g/mol. The number of fused-ring (bicyclic) bond motifs is 1. The molecule has 2 aliphatic rings. The van der Waals surface area contributed by atoms with Crippen LogP contribution in [0.2, 0.25) is 0 Å². The van der Waals surface area contributed by atoms with Crippen molar-refractivity contribution in [3.63, 3.8) is 0 Å². The molecule has 2 aromatic rings. The van der Waals surface area contributed by atoms with Gasteiger partial charge in [0.15, 0.2) is 0 Å². The lowest BCUT2D eigenvalue weighted by molar-refractivity contribution is -0.126. The predicted molar refractivity (Wildman–Crippen MR) is 138 cm³/mol. The Morgan fingerprint density at radius 2 is 1.80 bits per heavy atom. The average molecular weight is 478 g/mol. The quantitative estimate of drug-likeness (QED) is 0.600. The normalized spacial score (nSPS) is 20.3. The van der Waals surface area contributed by atoms with Gasteiger partial charge < -0.3 is 10.6 Å². The summed E-state index contributed by atoms with van der Waals surface area (Å²) in [5.74, 6) is 0.134. The summed E-state index contributed by atoms with van der Waals surface area (Å²) in [6, 6.07) is 12.7. The average Bonchev–Trinajstić information content (AvgIpc) is 2.92. The Balaban J connectivity index is 1.21. The van der Waals surface area contributed by atoms with Crippen molar-refractivity contribution in [2.45, 2.75) is 51.6 Å². The van der Waals surface area contributed by atoms with Crippen molar-refractivity contribution in [3.05, 3.63) is 65.5 Å². The Bertz CT molecular complexity index is 951. The van der Waals surface area contributed by atoms with E-state index in [1.165, 1.54) is 16.7 Å². The van der Waals surface area contributed by atoms with Crippen LogP contribution in [0, 0.1) is 5.92 Å². The Morgan fingerprint density at radius 3 is 2.66 bits per heavy atom. The Labute approximate surface area is 209 Å². The first-order valence-electron chi connectivity index (χ1n) is 13.1. The molecule has 4 rings (SSSR count). The van der Waals surface area contributed by atoms with Gasteiger partial charge in [0.25, 0.3) is 0 Å². The topological polar surface area (TPSA) is 77.6 Å². The van der Waals surface area contributed by atoms with Gasteiger partial charge in [0.05, 0.1) is 0 Å². The van der Waals surface area contributed by atoms with E-state index in [2.05, 4.69) is 49.7 Å². The molecule has 0 bridgehead atoms. The minimum Gasteiger partial charge on any atom is -0.356 e. The molecule has 1 aromatic heterocycles. The summed E-state index contributed by atoms with van der Waals surface area (Å²) in [5.41, 5.74) is 4.09. The van der Waals surface area contributed by atoms with E-state index in [1.807, 2.05) is 12.1 Å². The molecule has 1 unspecified atom stereocenters. The molecular formula is C28H39N5O2. The predicted octanol–water partition coefficient (Wildman–Crippen LogP) is 2.75. The number of nitrogens with zero attached hydrogens (tertiary/aromatic N) is 3. The number of pyridine rings is 1. The largest absolute Gasteiger partial charge is 0.356 e. The number of aromatic nitrogens is 1. The summed E-state index contributed by atoms with van der Waals surface area (Å²) >= 11 is 0. The van der Waals surface area contributed by atoms with Gasteiger partial charge in [-0.05, 0) is 67.5 Å². The van der Waals surface area contributed by atoms with E-state index in [0.717, 1.165) is 65.0 Å². The van der Waals surface area contributed by atoms with E-state index in [-0.39, 0.29) is 17.7 Å². The molecule has 2 N–H and O–H groups in total. The van der Waals surface area contributed by atoms with Gasteiger partial charge in [0.2, 0.25) is 11.8 Å². The molecule has 1 aromatic carbocycles. The molecule has 188 valence electrons. The Morgan fingerprint density at radius 1 is 1.00 bits per heavy atom. The van der Waals surface area contributed by atoms with Crippen molar-refractivity contribution in [2.24, 2.45) is 5.92 Å². The number of hydrogen-bond acceptors (Lipinski definition) is 5. The van der Waals surface area contributed by atoms with E-state index >= 15 is 0 Å². The molecule has 0 saturated carbocycles. The smallest absolute Gasteiger partial charge is 0.223 e. The molecule has 7 nitrogen and oxygen atoms in total. The number of nitrogens with one attached hydrogen (secondary N) is 2. The maximum atomic E-state index is 13.0. The number of carbonyl (C=O) groups excluding carboxylic acids is 2. The minimum atomic E-state index is -0.0574. The van der Waals surface area contributed by atoms with Gasteiger partial charge in [-0.15, -0.1) is 0 Å². The van der Waals surface area contributed by atoms with Crippen LogP contribution in [0.15, 0.2) is 48.8 Å². The molecule has 3 heterocycles. The maximum absolute atomic E-state index is 13.0. The molecule has 1 fully saturated rings. The van der Waals surface area contributed by atoms with Crippen LogP contribution in [-0.2, 0) is 29.1 Å². The first kappa shape index (κ1) is 25.3. The van der Waals surface area contributed by atoms with Crippen molar-refractivity contribution < 1.29 is 9.59 Å². The zero-order valence-corrected chi connectivity index (χ0v) is 20.8. The number of hydrogen-bond donors (Lipinski definition) is 2. The number of benzene rings is 1. The molecule has 7 heteroatoms. The first-order chi connectivity index (χ1) is 17.2. The van der Waals surface area contributed by atoms with Crippen LogP contribution in [0.5, 0.6) is 0 Å². The van der Waals surface area contributed by atoms with Crippen molar-refractivity contribution in [3.8, 4) is 0 Å². The Kier molecular flexibility index (Phi) is 9.66. The van der Waals surface area contributed by atoms with Crippen LogP contribution < -0.4 is 10.6 Å². The Hall–Kier alpha value is -2.77. The van der Waals surface area contributed by atoms with Gasteiger partial charge in [-0.3, -0.25) is 24.4 Å². The van der Waals surface area contributed by atoms with E-state index < -0.39 is 0 Å². The molecule has 1 saturated heterocycles. The van der Waals surface area contributed by atoms with Gasteiger partial charge in [0, 0.05) is 70.5 Å². The fourth-order valence-electron chi connectivity index (χ4n) is 5.12. The lowest BCUT2D eigenvalue weighted by atomic mass is 9.98. The third-order valence-corrected chi connectivity index (χ3v) is 7.18. The summed E-state index contributed by atoms with van der Waals surface area (Å²) in [4.78, 5) is 34.1. The summed E-state index contributed by atoms with van der Waals surface area (Å²) in [6.45, 7) is 6.77. The molecule has 0 radical (unpaired) electrons. The number of carbonyl (C=O) groups is 2. The molecule has 2 aliphatic heterocycles. The van der Waals surface area contributed by atoms with Crippen LogP contribution >= 0.6 is 0 Å². The maximum Gasteiger partial charge on any atom is 0.223 e. The van der Waals surface area contributed by atoms with Crippen molar-refractivity contribution in [2.75, 3.05) is 39.3 Å². The van der Waals surface area contributed by atoms with Gasteiger partial charge >= 0.3 is 0 Å². The lowest BCUT2D eigenvalue weighted by Crippen LogP contribution is -2.36. The lowest BCUT2D eigenvalue weighted by Gasteiger charge is -2.28. The second-order valence-corrected chi connectivity index (χ2v) is 9.80. The molecule has 1 atom stereocenters. The zero-order chi connectivity index (χ0) is 24.3. The van der Waals surface area contributed by atoms with Crippen molar-refractivity contribution >= 4 is 11.8 Å². The van der Waals surface area contributed by atoms with Gasteiger partial charge in [-0.25, -0.2) is 0 Å². The highest BCUT2D eigenvalue weighted by Crippen LogP contribution is 2.18. The second-order valence-electron chi connectivity index (χ2n) is 9.80. The van der Waals surface area contributed by atoms with E-state index in [0.29, 0.717) is 25.9 Å². The molecule has 0 spiro atoms. The molecule has 2 amide bonds. The fraction of sp³-hybridized carbons (Fsp3) is 0.536. The SMILES string of the molecule is O=C1CCN(Cc2ccncc2)CCCC(C(=O)NCCCN2CCc3ccccc3C2)CCN1. The third kappa shape index (κ3) is 8.15. The second kappa shape index (κ2) is 13.4. The van der Waals surface area contributed by atoms with Crippen LogP contribution in [0.4, 0.5) is 0 Å². The third-order valence-electron chi connectivity index (χ3n) is 7.18. The monoisotopic (exact) mass is 477 g/mol. The van der Waals surface area contributed by atoms with E-state index in [4.69, 9.17) is 0 Å². The fourth-order valence-corrected chi connectivity index (χ4v) is 5.12. The van der Waals surface area contributed by atoms with Crippen molar-refractivity contribution in [1.29, 1.82) is 0 Å². The van der Waals surface area contributed by atoms with Crippen LogP contribution in [0.3, 0.4) is 0 Å². The highest BCUT2D eigenvalue weighted by molar-refractivity contribution is 5.79. The highest BCUT2D eigenvalue weighted by atomic mass is 16.2. The van der Waals surface area contributed by atoms with Crippen LogP contribution in [-0.4, -0.2) is 65.9 Å². The molecule has 0 aliphatic carbocycles. The molecule has 35 heavy (non-hydrogen) atoms. The van der Waals surface area contributed by atoms with Crippen LogP contribution in [0.25, 0.3) is 0 Å². The highest BCUT2D eigenvalue weighted by Gasteiger charge is 2.21. The zero-order valence-electron chi connectivity index (χ0n) is 20.8. The summed E-state index contributed by atoms with van der Waals surface area (Å²) in [7, 11) is 0. The summed E-state index contributed by atoms with van der Waals surface area (Å²) in [6.07, 6.45) is 8.65.